The molecule has 0 aliphatic rings. The lowest BCUT2D eigenvalue weighted by atomic mass is 10.1. The van der Waals surface area contributed by atoms with Gasteiger partial charge in [-0.05, 0) is 17.7 Å². The molecule has 0 spiro atoms. The molecule has 1 aromatic rings. The fourth-order valence-corrected chi connectivity index (χ4v) is 2.30. The standard InChI is InChI=1S/C12H20BrN3O2/c1-16(2)15-10(7-14)8-5-11(17-3)12(18-4)6-9(8)13/h5-6,10,15H,7,14H2,1-4H3. The highest BCUT2D eigenvalue weighted by molar-refractivity contribution is 9.10. The first-order valence-electron chi connectivity index (χ1n) is 5.58. The van der Waals surface area contributed by atoms with Gasteiger partial charge in [-0.2, -0.15) is 0 Å². The highest BCUT2D eigenvalue weighted by atomic mass is 79.9. The maximum absolute atomic E-state index is 5.80. The summed E-state index contributed by atoms with van der Waals surface area (Å²) in [6.45, 7) is 0.478. The van der Waals surface area contributed by atoms with Gasteiger partial charge in [0.2, 0.25) is 0 Å². The van der Waals surface area contributed by atoms with Crippen LogP contribution in [-0.4, -0.2) is 39.9 Å². The third-order valence-corrected chi connectivity index (χ3v) is 3.21. The van der Waals surface area contributed by atoms with Gasteiger partial charge >= 0.3 is 0 Å². The number of nitrogens with two attached hydrogens (primary N) is 1. The van der Waals surface area contributed by atoms with Gasteiger partial charge < -0.3 is 15.2 Å². The summed E-state index contributed by atoms with van der Waals surface area (Å²) in [6.07, 6.45) is 0. The molecule has 0 saturated carbocycles. The number of hydrogen-bond acceptors (Lipinski definition) is 5. The molecule has 0 saturated heterocycles. The van der Waals surface area contributed by atoms with Crippen molar-refractivity contribution in [3.63, 3.8) is 0 Å². The Bertz CT molecular complexity index is 399. The van der Waals surface area contributed by atoms with Gasteiger partial charge in [-0.3, -0.25) is 0 Å². The highest BCUT2D eigenvalue weighted by Crippen LogP contribution is 2.35. The molecule has 5 nitrogen and oxygen atoms in total. The topological polar surface area (TPSA) is 59.8 Å². The molecule has 0 aliphatic heterocycles. The molecule has 0 heterocycles. The van der Waals surface area contributed by atoms with Crippen LogP contribution >= 0.6 is 15.9 Å². The van der Waals surface area contributed by atoms with Gasteiger partial charge in [0, 0.05) is 25.1 Å². The molecule has 1 atom stereocenters. The molecule has 3 N–H and O–H groups in total. The van der Waals surface area contributed by atoms with E-state index in [9.17, 15) is 0 Å². The van der Waals surface area contributed by atoms with E-state index in [4.69, 9.17) is 15.2 Å². The predicted molar refractivity (Wildman–Crippen MR) is 75.9 cm³/mol. The van der Waals surface area contributed by atoms with E-state index in [0.717, 1.165) is 10.0 Å². The molecule has 1 aromatic carbocycles. The Morgan fingerprint density at radius 1 is 1.28 bits per heavy atom. The third-order valence-electron chi connectivity index (χ3n) is 2.53. The zero-order chi connectivity index (χ0) is 13.7. The van der Waals surface area contributed by atoms with Crippen LogP contribution in [0, 0.1) is 0 Å². The summed E-state index contributed by atoms with van der Waals surface area (Å²) in [4.78, 5) is 0. The van der Waals surface area contributed by atoms with Crippen LogP contribution in [0.15, 0.2) is 16.6 Å². The van der Waals surface area contributed by atoms with Crippen molar-refractivity contribution in [1.82, 2.24) is 10.4 Å². The number of nitrogens with one attached hydrogen (secondary N) is 1. The summed E-state index contributed by atoms with van der Waals surface area (Å²) in [7, 11) is 7.09. The lowest BCUT2D eigenvalue weighted by Gasteiger charge is -2.24. The second-order valence-corrected chi connectivity index (χ2v) is 4.89. The summed E-state index contributed by atoms with van der Waals surface area (Å²) in [5, 5.41) is 1.88. The van der Waals surface area contributed by atoms with Crippen LogP contribution in [0.3, 0.4) is 0 Å². The van der Waals surface area contributed by atoms with Crippen molar-refractivity contribution in [1.29, 1.82) is 0 Å². The maximum atomic E-state index is 5.80. The van der Waals surface area contributed by atoms with E-state index in [1.165, 1.54) is 0 Å². The first kappa shape index (κ1) is 15.2. The number of benzene rings is 1. The number of ether oxygens (including phenoxy) is 2. The summed E-state index contributed by atoms with van der Waals surface area (Å²) in [5.74, 6) is 1.38. The van der Waals surface area contributed by atoms with E-state index in [1.807, 2.05) is 31.2 Å². The SMILES string of the molecule is COc1cc(Br)c(C(CN)NN(C)C)cc1OC. The molecular formula is C12H20BrN3O2. The summed E-state index contributed by atoms with van der Waals surface area (Å²) < 4.78 is 11.5. The van der Waals surface area contributed by atoms with Crippen LogP contribution in [0.5, 0.6) is 11.5 Å². The predicted octanol–water partition coefficient (Wildman–Crippen LogP) is 1.53. The largest absolute Gasteiger partial charge is 0.493 e. The first-order chi connectivity index (χ1) is 8.53. The van der Waals surface area contributed by atoms with Crippen LogP contribution in [0.1, 0.15) is 11.6 Å². The Kier molecular flexibility index (Phi) is 5.87. The van der Waals surface area contributed by atoms with Crippen molar-refractivity contribution in [2.45, 2.75) is 6.04 Å². The van der Waals surface area contributed by atoms with Crippen molar-refractivity contribution < 1.29 is 9.47 Å². The molecule has 0 aromatic heterocycles. The van der Waals surface area contributed by atoms with Gasteiger partial charge in [0.25, 0.3) is 0 Å². The molecule has 102 valence electrons. The van der Waals surface area contributed by atoms with Crippen molar-refractivity contribution in [2.75, 3.05) is 34.9 Å². The van der Waals surface area contributed by atoms with Gasteiger partial charge in [-0.25, -0.2) is 10.4 Å². The molecule has 0 amide bonds. The van der Waals surface area contributed by atoms with Gasteiger partial charge in [0.15, 0.2) is 11.5 Å². The molecule has 6 heteroatoms. The van der Waals surface area contributed by atoms with E-state index in [-0.39, 0.29) is 6.04 Å². The number of halogens is 1. The van der Waals surface area contributed by atoms with Crippen LogP contribution in [0.4, 0.5) is 0 Å². The molecular weight excluding hydrogens is 298 g/mol. The van der Waals surface area contributed by atoms with Crippen molar-refractivity contribution in [2.24, 2.45) is 5.73 Å². The number of methoxy groups -OCH3 is 2. The van der Waals surface area contributed by atoms with Crippen molar-refractivity contribution >= 4 is 15.9 Å². The Morgan fingerprint density at radius 2 is 1.83 bits per heavy atom. The van der Waals surface area contributed by atoms with Gasteiger partial charge in [0.1, 0.15) is 0 Å². The molecule has 0 radical (unpaired) electrons. The van der Waals surface area contributed by atoms with E-state index in [1.54, 1.807) is 14.2 Å². The fourth-order valence-electron chi connectivity index (χ4n) is 1.70. The fraction of sp³-hybridized carbons (Fsp3) is 0.500. The number of hydrazine groups is 1. The average molecular weight is 318 g/mol. The van der Waals surface area contributed by atoms with Crippen LogP contribution in [0.2, 0.25) is 0 Å². The van der Waals surface area contributed by atoms with E-state index in [2.05, 4.69) is 21.4 Å². The summed E-state index contributed by atoms with van der Waals surface area (Å²) in [6, 6.07) is 3.82. The monoisotopic (exact) mass is 317 g/mol. The lowest BCUT2D eigenvalue weighted by Crippen LogP contribution is -2.38. The number of nitrogens with zero attached hydrogens (tertiary/aromatic N) is 1. The van der Waals surface area contributed by atoms with Crippen LogP contribution in [0.25, 0.3) is 0 Å². The van der Waals surface area contributed by atoms with E-state index < -0.39 is 0 Å². The number of hydrogen-bond donors (Lipinski definition) is 2. The minimum atomic E-state index is 0.00850. The Labute approximate surface area is 116 Å². The normalized spacial score (nSPS) is 12.6. The second-order valence-electron chi connectivity index (χ2n) is 4.04. The summed E-state index contributed by atoms with van der Waals surface area (Å²) >= 11 is 3.53. The van der Waals surface area contributed by atoms with Crippen molar-refractivity contribution in [3.05, 3.63) is 22.2 Å². The average Bonchev–Trinajstić information content (AvgIpc) is 2.35. The smallest absolute Gasteiger partial charge is 0.161 e. The summed E-state index contributed by atoms with van der Waals surface area (Å²) in [5.41, 5.74) is 10.1. The molecule has 18 heavy (non-hydrogen) atoms. The molecule has 0 fully saturated rings. The highest BCUT2D eigenvalue weighted by Gasteiger charge is 2.17. The Morgan fingerprint density at radius 3 is 2.28 bits per heavy atom. The minimum absolute atomic E-state index is 0.00850. The zero-order valence-corrected chi connectivity index (χ0v) is 12.7. The Hall–Kier alpha value is -0.820. The van der Waals surface area contributed by atoms with Crippen LogP contribution < -0.4 is 20.6 Å². The molecule has 0 bridgehead atoms. The Balaban J connectivity index is 3.14. The second kappa shape index (κ2) is 6.94. The van der Waals surface area contributed by atoms with Crippen LogP contribution in [-0.2, 0) is 0 Å². The van der Waals surface area contributed by atoms with E-state index >= 15 is 0 Å². The van der Waals surface area contributed by atoms with Gasteiger partial charge in [0.05, 0.1) is 20.3 Å². The quantitative estimate of drug-likeness (QED) is 0.779. The van der Waals surface area contributed by atoms with E-state index in [0.29, 0.717) is 18.0 Å². The zero-order valence-electron chi connectivity index (χ0n) is 11.2. The van der Waals surface area contributed by atoms with Gasteiger partial charge in [-0.1, -0.05) is 15.9 Å². The minimum Gasteiger partial charge on any atom is -0.493 e. The van der Waals surface area contributed by atoms with Gasteiger partial charge in [-0.15, -0.1) is 0 Å². The first-order valence-corrected chi connectivity index (χ1v) is 6.37. The molecule has 1 unspecified atom stereocenters. The maximum Gasteiger partial charge on any atom is 0.161 e. The third kappa shape index (κ3) is 3.58. The van der Waals surface area contributed by atoms with Crippen molar-refractivity contribution in [3.8, 4) is 11.5 Å². The lowest BCUT2D eigenvalue weighted by molar-refractivity contribution is 0.244. The molecule has 0 aliphatic carbocycles. The number of rotatable bonds is 6. The molecule has 1 rings (SSSR count).